The van der Waals surface area contributed by atoms with E-state index in [9.17, 15) is 14.8 Å². The van der Waals surface area contributed by atoms with Crippen molar-refractivity contribution in [2.75, 3.05) is 5.32 Å². The Hall–Kier alpha value is -3.16. The highest BCUT2D eigenvalue weighted by Gasteiger charge is 2.14. The van der Waals surface area contributed by atoms with Crippen LogP contribution in [-0.4, -0.2) is 28.1 Å². The summed E-state index contributed by atoms with van der Waals surface area (Å²) in [5, 5.41) is 21.3. The molecule has 3 N–H and O–H groups in total. The molecule has 136 valence electrons. The molecule has 0 aliphatic carbocycles. The lowest BCUT2D eigenvalue weighted by Crippen LogP contribution is -2.30. The van der Waals surface area contributed by atoms with Gasteiger partial charge < -0.3 is 20.1 Å². The summed E-state index contributed by atoms with van der Waals surface area (Å²) in [6.45, 7) is 2.18. The van der Waals surface area contributed by atoms with Crippen molar-refractivity contribution in [3.63, 3.8) is 0 Å². The lowest BCUT2D eigenvalue weighted by molar-refractivity contribution is 0.102. The predicted octanol–water partition coefficient (Wildman–Crippen LogP) is 1.90. The summed E-state index contributed by atoms with van der Waals surface area (Å²) in [4.78, 5) is 16.6. The lowest BCUT2D eigenvalue weighted by atomic mass is 9.79. The average Bonchev–Trinajstić information content (AvgIpc) is 2.69. The van der Waals surface area contributed by atoms with E-state index in [2.05, 4.69) is 10.3 Å². The van der Waals surface area contributed by atoms with Crippen molar-refractivity contribution in [2.24, 2.45) is 0 Å². The summed E-state index contributed by atoms with van der Waals surface area (Å²) in [5.74, 6) is 0.345. The number of hydrogen-bond donors (Lipinski definition) is 3. The Labute approximate surface area is 157 Å². The molecule has 0 bridgehead atoms. The number of aryl methyl sites for hydroxylation is 1. The quantitative estimate of drug-likeness (QED) is 0.583. The minimum absolute atomic E-state index is 0.293. The Balaban J connectivity index is 1.65. The number of aromatic nitrogens is 1. The van der Waals surface area contributed by atoms with E-state index >= 15 is 0 Å². The minimum Gasteiger partial charge on any atom is -0.487 e. The highest BCUT2D eigenvalue weighted by Crippen LogP contribution is 2.17. The van der Waals surface area contributed by atoms with Gasteiger partial charge in [-0.05, 0) is 60.4 Å². The van der Waals surface area contributed by atoms with Gasteiger partial charge in [0.05, 0.1) is 5.69 Å². The number of rotatable bonds is 6. The monoisotopic (exact) mass is 362 g/mol. The molecule has 1 aromatic heterocycles. The summed E-state index contributed by atoms with van der Waals surface area (Å²) in [5.41, 5.74) is 2.95. The maximum absolute atomic E-state index is 12.5. The number of pyridine rings is 1. The van der Waals surface area contributed by atoms with Gasteiger partial charge in [0.15, 0.2) is 0 Å². The van der Waals surface area contributed by atoms with E-state index < -0.39 is 7.12 Å². The van der Waals surface area contributed by atoms with Crippen molar-refractivity contribution in [3.05, 3.63) is 83.7 Å². The zero-order valence-corrected chi connectivity index (χ0v) is 14.8. The van der Waals surface area contributed by atoms with Crippen molar-refractivity contribution in [2.45, 2.75) is 13.5 Å². The number of anilines is 1. The molecular weight excluding hydrogens is 343 g/mol. The Morgan fingerprint density at radius 3 is 2.56 bits per heavy atom. The summed E-state index contributed by atoms with van der Waals surface area (Å²) in [6.07, 6.45) is 1.71. The number of hydrogen-bond acceptors (Lipinski definition) is 5. The molecule has 0 fully saturated rings. The van der Waals surface area contributed by atoms with Crippen LogP contribution in [0.2, 0.25) is 0 Å². The Morgan fingerprint density at radius 1 is 1.11 bits per heavy atom. The molecular formula is C20H19BN2O4. The van der Waals surface area contributed by atoms with Crippen molar-refractivity contribution >= 4 is 24.2 Å². The second-order valence-corrected chi connectivity index (χ2v) is 6.04. The molecule has 0 spiro atoms. The van der Waals surface area contributed by atoms with Gasteiger partial charge in [-0.25, -0.2) is 0 Å². The first-order valence-electron chi connectivity index (χ1n) is 8.44. The lowest BCUT2D eigenvalue weighted by Gasteiger charge is -2.11. The van der Waals surface area contributed by atoms with Crippen LogP contribution in [0.25, 0.3) is 0 Å². The number of ether oxygens (including phenoxy) is 1. The highest BCUT2D eigenvalue weighted by molar-refractivity contribution is 6.58. The molecule has 0 radical (unpaired) electrons. The third kappa shape index (κ3) is 4.94. The molecule has 2 aromatic carbocycles. The van der Waals surface area contributed by atoms with E-state index in [1.807, 2.05) is 25.1 Å². The SMILES string of the molecule is Cc1ccc(B(O)O)cc1NC(=O)c1ccc(OCc2ccccn2)cc1. The minimum atomic E-state index is -1.59. The van der Waals surface area contributed by atoms with Crippen LogP contribution < -0.4 is 15.5 Å². The van der Waals surface area contributed by atoms with Gasteiger partial charge in [0, 0.05) is 17.4 Å². The van der Waals surface area contributed by atoms with Crippen LogP contribution in [0.1, 0.15) is 21.6 Å². The van der Waals surface area contributed by atoms with E-state index in [4.69, 9.17) is 4.74 Å². The Bertz CT molecular complexity index is 915. The first-order chi connectivity index (χ1) is 13.0. The number of amides is 1. The maximum Gasteiger partial charge on any atom is 0.488 e. The molecule has 1 heterocycles. The molecule has 0 saturated heterocycles. The molecule has 7 heteroatoms. The standard InChI is InChI=1S/C20H19BN2O4/c1-14-5-8-16(21(25)26)12-19(14)23-20(24)15-6-9-18(10-7-15)27-13-17-4-2-3-11-22-17/h2-12,25-26H,13H2,1H3,(H,23,24). The number of nitrogens with zero attached hydrogens (tertiary/aromatic N) is 1. The summed E-state index contributed by atoms with van der Waals surface area (Å²) in [6, 6.07) is 17.3. The van der Waals surface area contributed by atoms with Crippen LogP contribution >= 0.6 is 0 Å². The maximum atomic E-state index is 12.5. The van der Waals surface area contributed by atoms with E-state index in [1.54, 1.807) is 48.7 Å². The van der Waals surface area contributed by atoms with Crippen LogP contribution in [0.5, 0.6) is 5.75 Å². The zero-order valence-electron chi connectivity index (χ0n) is 14.8. The van der Waals surface area contributed by atoms with Gasteiger partial charge >= 0.3 is 7.12 Å². The van der Waals surface area contributed by atoms with Crippen molar-refractivity contribution in [1.29, 1.82) is 0 Å². The Kier molecular flexibility index (Phi) is 5.85. The average molecular weight is 362 g/mol. The molecule has 6 nitrogen and oxygen atoms in total. The first-order valence-corrected chi connectivity index (χ1v) is 8.44. The molecule has 27 heavy (non-hydrogen) atoms. The van der Waals surface area contributed by atoms with Gasteiger partial charge in [-0.1, -0.05) is 18.2 Å². The Morgan fingerprint density at radius 2 is 1.89 bits per heavy atom. The fraction of sp³-hybridized carbons (Fsp3) is 0.100. The molecule has 0 atom stereocenters. The molecule has 0 aliphatic rings. The fourth-order valence-corrected chi connectivity index (χ4v) is 2.47. The van der Waals surface area contributed by atoms with Crippen LogP contribution in [0.3, 0.4) is 0 Å². The first kappa shape index (κ1) is 18.6. The third-order valence-corrected chi connectivity index (χ3v) is 4.04. The van der Waals surface area contributed by atoms with Gasteiger partial charge in [0.1, 0.15) is 12.4 Å². The molecule has 3 rings (SSSR count). The normalized spacial score (nSPS) is 10.3. The van der Waals surface area contributed by atoms with E-state index in [0.717, 1.165) is 11.3 Å². The smallest absolute Gasteiger partial charge is 0.487 e. The summed E-state index contributed by atoms with van der Waals surface area (Å²) >= 11 is 0. The van der Waals surface area contributed by atoms with Crippen LogP contribution in [0, 0.1) is 6.92 Å². The van der Waals surface area contributed by atoms with E-state index in [1.165, 1.54) is 0 Å². The van der Waals surface area contributed by atoms with Gasteiger partial charge in [-0.3, -0.25) is 9.78 Å². The largest absolute Gasteiger partial charge is 0.488 e. The summed E-state index contributed by atoms with van der Waals surface area (Å²) < 4.78 is 5.66. The molecule has 1 amide bonds. The summed E-state index contributed by atoms with van der Waals surface area (Å²) in [7, 11) is -1.59. The van der Waals surface area contributed by atoms with Crippen LogP contribution in [0.4, 0.5) is 5.69 Å². The van der Waals surface area contributed by atoms with Crippen molar-refractivity contribution < 1.29 is 19.6 Å². The molecule has 0 unspecified atom stereocenters. The molecule has 0 aliphatic heterocycles. The zero-order chi connectivity index (χ0) is 19.2. The number of carbonyl (C=O) groups excluding carboxylic acids is 1. The van der Waals surface area contributed by atoms with Gasteiger partial charge in [0.2, 0.25) is 0 Å². The predicted molar refractivity (Wildman–Crippen MR) is 104 cm³/mol. The van der Waals surface area contributed by atoms with E-state index in [0.29, 0.717) is 29.1 Å². The van der Waals surface area contributed by atoms with Gasteiger partial charge in [-0.15, -0.1) is 0 Å². The van der Waals surface area contributed by atoms with Crippen LogP contribution in [0.15, 0.2) is 66.9 Å². The van der Waals surface area contributed by atoms with E-state index in [-0.39, 0.29) is 5.91 Å². The molecule has 3 aromatic rings. The highest BCUT2D eigenvalue weighted by atomic mass is 16.5. The van der Waals surface area contributed by atoms with Crippen LogP contribution in [-0.2, 0) is 6.61 Å². The topological polar surface area (TPSA) is 91.7 Å². The number of benzene rings is 2. The second kappa shape index (κ2) is 8.48. The number of carbonyl (C=O) groups is 1. The fourth-order valence-electron chi connectivity index (χ4n) is 2.47. The van der Waals surface area contributed by atoms with Crippen molar-refractivity contribution in [3.8, 4) is 5.75 Å². The second-order valence-electron chi connectivity index (χ2n) is 6.04. The molecule has 0 saturated carbocycles. The van der Waals surface area contributed by atoms with Gasteiger partial charge in [0.25, 0.3) is 5.91 Å². The third-order valence-electron chi connectivity index (χ3n) is 4.04. The number of nitrogens with one attached hydrogen (secondary N) is 1. The van der Waals surface area contributed by atoms with Crippen molar-refractivity contribution in [1.82, 2.24) is 4.98 Å². The van der Waals surface area contributed by atoms with Gasteiger partial charge in [-0.2, -0.15) is 0 Å².